The van der Waals surface area contributed by atoms with Gasteiger partial charge in [0.1, 0.15) is 0 Å². The quantitative estimate of drug-likeness (QED) is 0.566. The molecule has 0 unspecified atom stereocenters. The number of carboxylic acids is 1. The number of hydrogen-bond acceptors (Lipinski definition) is 5. The van der Waals surface area contributed by atoms with Gasteiger partial charge in [0.25, 0.3) is 5.91 Å². The fourth-order valence-electron chi connectivity index (χ4n) is 2.28. The Kier molecular flexibility index (Phi) is 6.94. The maximum absolute atomic E-state index is 11.9. The second-order valence-electron chi connectivity index (χ2n) is 5.66. The molecule has 0 radical (unpaired) electrons. The molecule has 134 valence electrons. The Morgan fingerprint density at radius 1 is 1.16 bits per heavy atom. The lowest BCUT2D eigenvalue weighted by molar-refractivity contribution is -0.136. The smallest absolute Gasteiger partial charge is 0.305 e. The number of aliphatic imine (C=N–C) groups is 1. The SMILES string of the molecule is O=C(O)CCNC(=O)c1ccc(CCC(=O)NC2=NCCCN2)cc1. The molecule has 0 aliphatic carbocycles. The van der Waals surface area contributed by atoms with E-state index in [2.05, 4.69) is 20.9 Å². The van der Waals surface area contributed by atoms with Crippen molar-refractivity contribution in [2.75, 3.05) is 19.6 Å². The van der Waals surface area contributed by atoms with E-state index in [4.69, 9.17) is 5.11 Å². The van der Waals surface area contributed by atoms with E-state index in [0.717, 1.165) is 25.1 Å². The van der Waals surface area contributed by atoms with E-state index in [9.17, 15) is 14.4 Å². The van der Waals surface area contributed by atoms with E-state index in [1.54, 1.807) is 24.3 Å². The third-order valence-electron chi connectivity index (χ3n) is 3.64. The third kappa shape index (κ3) is 6.62. The number of carboxylic acid groups (broad SMARTS) is 1. The number of nitrogens with one attached hydrogen (secondary N) is 3. The molecule has 2 amide bonds. The molecule has 0 fully saturated rings. The number of carbonyl (C=O) groups excluding carboxylic acids is 2. The molecular formula is C17H22N4O4. The summed E-state index contributed by atoms with van der Waals surface area (Å²) in [5, 5.41) is 16.9. The van der Waals surface area contributed by atoms with Gasteiger partial charge in [-0.15, -0.1) is 0 Å². The van der Waals surface area contributed by atoms with E-state index < -0.39 is 5.97 Å². The summed E-state index contributed by atoms with van der Waals surface area (Å²) in [4.78, 5) is 38.3. The predicted molar refractivity (Wildman–Crippen MR) is 92.4 cm³/mol. The molecule has 4 N–H and O–H groups in total. The fraction of sp³-hybridized carbons (Fsp3) is 0.412. The molecule has 0 atom stereocenters. The highest BCUT2D eigenvalue weighted by Crippen LogP contribution is 2.07. The average molecular weight is 346 g/mol. The molecule has 1 heterocycles. The van der Waals surface area contributed by atoms with E-state index in [-0.39, 0.29) is 24.8 Å². The van der Waals surface area contributed by atoms with Crippen molar-refractivity contribution < 1.29 is 19.5 Å². The number of aliphatic carboxylic acids is 1. The normalized spacial score (nSPS) is 13.4. The monoisotopic (exact) mass is 346 g/mol. The number of guanidine groups is 1. The van der Waals surface area contributed by atoms with Crippen molar-refractivity contribution in [3.8, 4) is 0 Å². The number of carbonyl (C=O) groups is 3. The minimum atomic E-state index is -0.955. The van der Waals surface area contributed by atoms with Gasteiger partial charge in [-0.25, -0.2) is 0 Å². The minimum Gasteiger partial charge on any atom is -0.481 e. The molecule has 1 aromatic carbocycles. The number of benzene rings is 1. The Hall–Kier alpha value is -2.90. The first-order valence-electron chi connectivity index (χ1n) is 8.21. The summed E-state index contributed by atoms with van der Waals surface area (Å²) < 4.78 is 0. The van der Waals surface area contributed by atoms with Crippen molar-refractivity contribution in [3.63, 3.8) is 0 Å². The van der Waals surface area contributed by atoms with E-state index in [0.29, 0.717) is 24.4 Å². The third-order valence-corrected chi connectivity index (χ3v) is 3.64. The average Bonchev–Trinajstić information content (AvgIpc) is 2.61. The van der Waals surface area contributed by atoms with Gasteiger partial charge in [0.05, 0.1) is 6.42 Å². The first-order valence-corrected chi connectivity index (χ1v) is 8.21. The van der Waals surface area contributed by atoms with Gasteiger partial charge in [-0.05, 0) is 30.5 Å². The molecule has 0 saturated heterocycles. The van der Waals surface area contributed by atoms with Gasteiger partial charge < -0.3 is 15.7 Å². The Morgan fingerprint density at radius 2 is 1.92 bits per heavy atom. The Bertz CT molecular complexity index is 655. The molecule has 1 aliphatic heterocycles. The van der Waals surface area contributed by atoms with Crippen LogP contribution in [0.15, 0.2) is 29.3 Å². The zero-order chi connectivity index (χ0) is 18.1. The van der Waals surface area contributed by atoms with Crippen molar-refractivity contribution >= 4 is 23.7 Å². The van der Waals surface area contributed by atoms with Crippen LogP contribution in [0.1, 0.15) is 35.2 Å². The lowest BCUT2D eigenvalue weighted by Gasteiger charge is -2.15. The summed E-state index contributed by atoms with van der Waals surface area (Å²) >= 11 is 0. The van der Waals surface area contributed by atoms with Crippen LogP contribution in [0, 0.1) is 0 Å². The van der Waals surface area contributed by atoms with Crippen LogP contribution >= 0.6 is 0 Å². The van der Waals surface area contributed by atoms with Gasteiger partial charge >= 0.3 is 5.97 Å². The number of nitrogens with zero attached hydrogens (tertiary/aromatic N) is 1. The number of amides is 2. The minimum absolute atomic E-state index is 0.0913. The molecule has 2 rings (SSSR count). The van der Waals surface area contributed by atoms with Gasteiger partial charge in [-0.3, -0.25) is 24.7 Å². The Balaban J connectivity index is 1.75. The van der Waals surface area contributed by atoms with Crippen LogP contribution < -0.4 is 16.0 Å². The van der Waals surface area contributed by atoms with Crippen molar-refractivity contribution in [3.05, 3.63) is 35.4 Å². The Morgan fingerprint density at radius 3 is 2.56 bits per heavy atom. The number of aryl methyl sites for hydroxylation is 1. The molecule has 8 heteroatoms. The molecule has 0 saturated carbocycles. The highest BCUT2D eigenvalue weighted by atomic mass is 16.4. The zero-order valence-electron chi connectivity index (χ0n) is 13.9. The summed E-state index contributed by atoms with van der Waals surface area (Å²) in [7, 11) is 0. The maximum Gasteiger partial charge on any atom is 0.305 e. The van der Waals surface area contributed by atoms with Crippen LogP contribution in [0.2, 0.25) is 0 Å². The summed E-state index contributed by atoms with van der Waals surface area (Å²) in [6.07, 6.45) is 1.74. The summed E-state index contributed by atoms with van der Waals surface area (Å²) in [6.45, 7) is 1.63. The van der Waals surface area contributed by atoms with Gasteiger partial charge in [0.15, 0.2) is 5.96 Å². The van der Waals surface area contributed by atoms with Gasteiger partial charge in [-0.2, -0.15) is 0 Å². The van der Waals surface area contributed by atoms with Gasteiger partial charge in [0, 0.05) is 31.6 Å². The van der Waals surface area contributed by atoms with Crippen molar-refractivity contribution in [2.45, 2.75) is 25.7 Å². The van der Waals surface area contributed by atoms with Crippen molar-refractivity contribution in [2.24, 2.45) is 4.99 Å². The predicted octanol–water partition coefficient (Wildman–Crippen LogP) is 0.289. The van der Waals surface area contributed by atoms with Crippen LogP contribution in [0.5, 0.6) is 0 Å². The van der Waals surface area contributed by atoms with E-state index in [1.165, 1.54) is 0 Å². The van der Waals surface area contributed by atoms with Crippen LogP contribution in [0.4, 0.5) is 0 Å². The molecule has 1 aromatic rings. The van der Waals surface area contributed by atoms with Crippen molar-refractivity contribution in [1.29, 1.82) is 0 Å². The van der Waals surface area contributed by atoms with Gasteiger partial charge in [-0.1, -0.05) is 12.1 Å². The summed E-state index contributed by atoms with van der Waals surface area (Å²) in [5.74, 6) is -0.844. The highest BCUT2D eigenvalue weighted by molar-refractivity contribution is 5.97. The molecular weight excluding hydrogens is 324 g/mol. The summed E-state index contributed by atoms with van der Waals surface area (Å²) in [6, 6.07) is 6.90. The Labute approximate surface area is 145 Å². The van der Waals surface area contributed by atoms with Crippen LogP contribution in [0.25, 0.3) is 0 Å². The van der Waals surface area contributed by atoms with E-state index >= 15 is 0 Å². The first kappa shape index (κ1) is 18.4. The standard InChI is InChI=1S/C17H22N4O4/c22-14(21-17-19-9-1-10-20-17)7-4-12-2-5-13(6-3-12)16(25)18-11-8-15(23)24/h2-3,5-6H,1,4,7-11H2,(H,18,25)(H,23,24)(H2,19,20,21,22). The second kappa shape index (κ2) is 9.41. The molecule has 0 bridgehead atoms. The summed E-state index contributed by atoms with van der Waals surface area (Å²) in [5.41, 5.74) is 1.40. The second-order valence-corrected chi connectivity index (χ2v) is 5.66. The van der Waals surface area contributed by atoms with Crippen LogP contribution in [-0.4, -0.2) is 48.5 Å². The van der Waals surface area contributed by atoms with E-state index in [1.807, 2.05) is 0 Å². The number of rotatable bonds is 7. The molecule has 25 heavy (non-hydrogen) atoms. The fourth-order valence-corrected chi connectivity index (χ4v) is 2.28. The zero-order valence-corrected chi connectivity index (χ0v) is 13.9. The maximum atomic E-state index is 11.9. The molecule has 0 aromatic heterocycles. The topological polar surface area (TPSA) is 120 Å². The molecule has 0 spiro atoms. The largest absolute Gasteiger partial charge is 0.481 e. The molecule has 1 aliphatic rings. The molecule has 8 nitrogen and oxygen atoms in total. The van der Waals surface area contributed by atoms with Gasteiger partial charge in [0.2, 0.25) is 5.91 Å². The first-order chi connectivity index (χ1) is 12.0. The highest BCUT2D eigenvalue weighted by Gasteiger charge is 2.09. The van der Waals surface area contributed by atoms with Crippen LogP contribution in [-0.2, 0) is 16.0 Å². The number of hydrogen-bond donors (Lipinski definition) is 4. The lowest BCUT2D eigenvalue weighted by Crippen LogP contribution is -2.43. The lowest BCUT2D eigenvalue weighted by atomic mass is 10.1. The van der Waals surface area contributed by atoms with Crippen molar-refractivity contribution in [1.82, 2.24) is 16.0 Å². The van der Waals surface area contributed by atoms with Crippen LogP contribution in [0.3, 0.4) is 0 Å².